The van der Waals surface area contributed by atoms with E-state index >= 15 is 0 Å². The molecule has 0 aromatic heterocycles. The Labute approximate surface area is 87.1 Å². The minimum atomic E-state index is 0.387. The van der Waals surface area contributed by atoms with Gasteiger partial charge in [0.25, 0.3) is 0 Å². The number of unbranched alkanes of at least 4 members (excludes halogenated alkanes) is 1. The molecule has 0 saturated heterocycles. The number of nitrogens with two attached hydrogens (primary N) is 1. The second-order valence-electron chi connectivity index (χ2n) is 3.40. The van der Waals surface area contributed by atoms with E-state index in [1.165, 1.54) is 12.8 Å². The molecule has 14 heavy (non-hydrogen) atoms. The van der Waals surface area contributed by atoms with Gasteiger partial charge in [-0.15, -0.1) is 0 Å². The van der Waals surface area contributed by atoms with Crippen LogP contribution in [0.2, 0.25) is 0 Å². The molecule has 0 spiro atoms. The monoisotopic (exact) mass is 204 g/mol. The Kier molecular flexibility index (Phi) is 10.8. The van der Waals surface area contributed by atoms with Crippen LogP contribution in [-0.2, 0) is 9.47 Å². The second kappa shape index (κ2) is 10.9. The fourth-order valence-electron chi connectivity index (χ4n) is 1.23. The zero-order valence-corrected chi connectivity index (χ0v) is 9.42. The zero-order valence-electron chi connectivity index (χ0n) is 9.42. The van der Waals surface area contributed by atoms with Gasteiger partial charge < -0.3 is 9.47 Å². The molecule has 0 aromatic rings. The number of nitrogens with one attached hydrogen (secondary N) is 1. The van der Waals surface area contributed by atoms with Crippen LogP contribution in [0.25, 0.3) is 0 Å². The predicted octanol–water partition coefficient (Wildman–Crippen LogP) is 1.06. The van der Waals surface area contributed by atoms with Gasteiger partial charge in [0.2, 0.25) is 0 Å². The van der Waals surface area contributed by atoms with Gasteiger partial charge >= 0.3 is 0 Å². The third-order valence-electron chi connectivity index (χ3n) is 2.18. The summed E-state index contributed by atoms with van der Waals surface area (Å²) >= 11 is 0. The first-order valence-electron chi connectivity index (χ1n) is 5.38. The van der Waals surface area contributed by atoms with Gasteiger partial charge in [-0.3, -0.25) is 11.3 Å². The smallest absolute Gasteiger partial charge is 0.0700 e. The van der Waals surface area contributed by atoms with Crippen LogP contribution in [0.15, 0.2) is 0 Å². The van der Waals surface area contributed by atoms with Crippen molar-refractivity contribution in [2.24, 2.45) is 5.84 Å². The van der Waals surface area contributed by atoms with Crippen LogP contribution in [0.3, 0.4) is 0 Å². The first kappa shape index (κ1) is 13.8. The number of hydrazine groups is 1. The first-order valence-corrected chi connectivity index (χ1v) is 5.38. The van der Waals surface area contributed by atoms with Crippen molar-refractivity contribution in [3.63, 3.8) is 0 Å². The molecule has 0 heterocycles. The first-order chi connectivity index (χ1) is 6.85. The van der Waals surface area contributed by atoms with Crippen molar-refractivity contribution in [1.82, 2.24) is 5.43 Å². The zero-order chi connectivity index (χ0) is 10.6. The van der Waals surface area contributed by atoms with Gasteiger partial charge in [0, 0.05) is 19.8 Å². The van der Waals surface area contributed by atoms with Crippen molar-refractivity contribution in [2.75, 3.05) is 26.9 Å². The summed E-state index contributed by atoms with van der Waals surface area (Å²) in [5.41, 5.74) is 2.82. The maximum absolute atomic E-state index is 5.42. The van der Waals surface area contributed by atoms with Crippen LogP contribution in [0, 0.1) is 0 Å². The summed E-state index contributed by atoms with van der Waals surface area (Å²) in [6.07, 6.45) is 4.52. The van der Waals surface area contributed by atoms with Gasteiger partial charge in [-0.1, -0.05) is 19.8 Å². The minimum absolute atomic E-state index is 0.387. The Bertz CT molecular complexity index is 112. The number of methoxy groups -OCH3 is 1. The minimum Gasteiger partial charge on any atom is -0.382 e. The summed E-state index contributed by atoms with van der Waals surface area (Å²) in [6, 6.07) is 0.387. The Balaban J connectivity index is 3.24. The molecule has 0 amide bonds. The maximum atomic E-state index is 5.42. The lowest BCUT2D eigenvalue weighted by atomic mass is 10.1. The van der Waals surface area contributed by atoms with E-state index in [0.29, 0.717) is 19.3 Å². The summed E-state index contributed by atoms with van der Waals surface area (Å²) < 4.78 is 10.2. The van der Waals surface area contributed by atoms with E-state index in [4.69, 9.17) is 15.3 Å². The summed E-state index contributed by atoms with van der Waals surface area (Å²) in [5, 5.41) is 0. The molecule has 0 fully saturated rings. The maximum Gasteiger partial charge on any atom is 0.0700 e. The van der Waals surface area contributed by atoms with Crippen LogP contribution in [0.4, 0.5) is 0 Å². The molecule has 0 rings (SSSR count). The number of ether oxygens (including phenoxy) is 2. The molecule has 4 nitrogen and oxygen atoms in total. The van der Waals surface area contributed by atoms with Crippen LogP contribution in [0.1, 0.15) is 32.6 Å². The van der Waals surface area contributed by atoms with Gasteiger partial charge in [-0.25, -0.2) is 0 Å². The highest BCUT2D eigenvalue weighted by Gasteiger charge is 2.04. The van der Waals surface area contributed by atoms with Gasteiger partial charge in [-0.05, 0) is 12.8 Å². The fraction of sp³-hybridized carbons (Fsp3) is 1.00. The molecule has 1 atom stereocenters. The van der Waals surface area contributed by atoms with Crippen LogP contribution in [-0.4, -0.2) is 33.0 Å². The van der Waals surface area contributed by atoms with E-state index < -0.39 is 0 Å². The van der Waals surface area contributed by atoms with Crippen LogP contribution >= 0.6 is 0 Å². The standard InChI is InChI=1S/C10H24N2O2/c1-3-4-5-10(12-11)6-7-14-9-8-13-2/h10,12H,3-9,11H2,1-2H3. The highest BCUT2D eigenvalue weighted by atomic mass is 16.5. The molecule has 1 unspecified atom stereocenters. The molecule has 0 aromatic carbocycles. The molecule has 0 radical (unpaired) electrons. The molecule has 0 aliphatic heterocycles. The van der Waals surface area contributed by atoms with E-state index in [-0.39, 0.29) is 0 Å². The lowest BCUT2D eigenvalue weighted by Gasteiger charge is -2.15. The molecule has 0 aliphatic rings. The Morgan fingerprint density at radius 2 is 2.00 bits per heavy atom. The van der Waals surface area contributed by atoms with Gasteiger partial charge in [0.05, 0.1) is 13.2 Å². The molecular weight excluding hydrogens is 180 g/mol. The number of rotatable bonds is 10. The van der Waals surface area contributed by atoms with Gasteiger partial charge in [-0.2, -0.15) is 0 Å². The Hall–Kier alpha value is -0.160. The molecule has 86 valence electrons. The van der Waals surface area contributed by atoms with E-state index in [0.717, 1.165) is 19.4 Å². The summed E-state index contributed by atoms with van der Waals surface area (Å²) in [4.78, 5) is 0. The lowest BCUT2D eigenvalue weighted by Crippen LogP contribution is -2.36. The lowest BCUT2D eigenvalue weighted by molar-refractivity contribution is 0.0653. The number of hydrogen-bond acceptors (Lipinski definition) is 4. The van der Waals surface area contributed by atoms with E-state index in [1.807, 2.05) is 0 Å². The molecule has 0 saturated carbocycles. The summed E-state index contributed by atoms with van der Waals surface area (Å²) in [5.74, 6) is 5.42. The van der Waals surface area contributed by atoms with Crippen molar-refractivity contribution < 1.29 is 9.47 Å². The average molecular weight is 204 g/mol. The summed E-state index contributed by atoms with van der Waals surface area (Å²) in [6.45, 7) is 4.27. The van der Waals surface area contributed by atoms with Crippen LogP contribution < -0.4 is 11.3 Å². The molecular formula is C10H24N2O2. The number of hydrogen-bond donors (Lipinski definition) is 2. The van der Waals surface area contributed by atoms with E-state index in [2.05, 4.69) is 12.3 Å². The molecule has 0 aliphatic carbocycles. The summed E-state index contributed by atoms with van der Waals surface area (Å²) in [7, 11) is 1.68. The second-order valence-corrected chi connectivity index (χ2v) is 3.40. The van der Waals surface area contributed by atoms with E-state index in [1.54, 1.807) is 7.11 Å². The molecule has 0 bridgehead atoms. The average Bonchev–Trinajstić information content (AvgIpc) is 2.22. The Morgan fingerprint density at radius 1 is 1.21 bits per heavy atom. The topological polar surface area (TPSA) is 56.5 Å². The highest BCUT2D eigenvalue weighted by molar-refractivity contribution is 4.62. The third kappa shape index (κ3) is 8.44. The quantitative estimate of drug-likeness (QED) is 0.317. The van der Waals surface area contributed by atoms with E-state index in [9.17, 15) is 0 Å². The van der Waals surface area contributed by atoms with Gasteiger partial charge in [0.1, 0.15) is 0 Å². The normalized spacial score (nSPS) is 13.1. The van der Waals surface area contributed by atoms with Crippen molar-refractivity contribution in [1.29, 1.82) is 0 Å². The SMILES string of the molecule is CCCCC(CCOCCOC)NN. The highest BCUT2D eigenvalue weighted by Crippen LogP contribution is 2.03. The van der Waals surface area contributed by atoms with Crippen molar-refractivity contribution >= 4 is 0 Å². The Morgan fingerprint density at radius 3 is 2.57 bits per heavy atom. The van der Waals surface area contributed by atoms with Crippen molar-refractivity contribution in [3.8, 4) is 0 Å². The molecule has 4 heteroatoms. The fourth-order valence-corrected chi connectivity index (χ4v) is 1.23. The molecule has 3 N–H and O–H groups in total. The van der Waals surface area contributed by atoms with Crippen LogP contribution in [0.5, 0.6) is 0 Å². The van der Waals surface area contributed by atoms with Crippen molar-refractivity contribution in [3.05, 3.63) is 0 Å². The van der Waals surface area contributed by atoms with Gasteiger partial charge in [0.15, 0.2) is 0 Å². The third-order valence-corrected chi connectivity index (χ3v) is 2.18. The van der Waals surface area contributed by atoms with Crippen molar-refractivity contribution in [2.45, 2.75) is 38.6 Å². The predicted molar refractivity (Wildman–Crippen MR) is 57.9 cm³/mol. The largest absolute Gasteiger partial charge is 0.382 e.